The quantitative estimate of drug-likeness (QED) is 0.564. The Morgan fingerprint density at radius 1 is 1.19 bits per heavy atom. The summed E-state index contributed by atoms with van der Waals surface area (Å²) in [6, 6.07) is 9.45. The highest BCUT2D eigenvalue weighted by Gasteiger charge is 2.30. The summed E-state index contributed by atoms with van der Waals surface area (Å²) in [6.07, 6.45) is 5.85. The van der Waals surface area contributed by atoms with Crippen LogP contribution in [0.3, 0.4) is 0 Å². The molecule has 0 unspecified atom stereocenters. The van der Waals surface area contributed by atoms with Gasteiger partial charge < -0.3 is 14.8 Å². The van der Waals surface area contributed by atoms with Crippen LogP contribution in [-0.4, -0.2) is 46.0 Å². The van der Waals surface area contributed by atoms with Crippen LogP contribution in [0.5, 0.6) is 11.5 Å². The third kappa shape index (κ3) is 4.60. The molecule has 3 aromatic rings. The SMILES string of the molecule is COc1ccc(CCNC(=O)Cn2nc(-c3cccnc3)n(C3CC3)c2=O)cc1OC. The van der Waals surface area contributed by atoms with E-state index in [1.165, 1.54) is 4.68 Å². The Morgan fingerprint density at radius 3 is 2.68 bits per heavy atom. The van der Waals surface area contributed by atoms with Crippen molar-refractivity contribution in [2.45, 2.75) is 31.8 Å². The number of hydrogen-bond donors (Lipinski definition) is 1. The van der Waals surface area contributed by atoms with E-state index in [9.17, 15) is 9.59 Å². The summed E-state index contributed by atoms with van der Waals surface area (Å²) < 4.78 is 13.4. The molecule has 0 radical (unpaired) electrons. The fraction of sp³-hybridized carbons (Fsp3) is 0.364. The molecule has 0 bridgehead atoms. The lowest BCUT2D eigenvalue weighted by molar-refractivity contribution is -0.121. The molecule has 1 fully saturated rings. The number of carbonyl (C=O) groups is 1. The van der Waals surface area contributed by atoms with Crippen molar-refractivity contribution in [2.75, 3.05) is 20.8 Å². The first kappa shape index (κ1) is 20.6. The molecule has 1 amide bonds. The number of methoxy groups -OCH3 is 2. The number of benzene rings is 1. The van der Waals surface area contributed by atoms with Gasteiger partial charge in [-0.1, -0.05) is 6.07 Å². The van der Waals surface area contributed by atoms with Crippen LogP contribution < -0.4 is 20.5 Å². The zero-order valence-electron chi connectivity index (χ0n) is 17.6. The first-order valence-electron chi connectivity index (χ1n) is 10.2. The number of aromatic nitrogens is 4. The van der Waals surface area contributed by atoms with E-state index in [0.717, 1.165) is 24.0 Å². The molecule has 0 atom stereocenters. The van der Waals surface area contributed by atoms with Crippen molar-refractivity contribution in [3.63, 3.8) is 0 Å². The van der Waals surface area contributed by atoms with Crippen molar-refractivity contribution >= 4 is 5.91 Å². The van der Waals surface area contributed by atoms with Crippen LogP contribution in [0.15, 0.2) is 47.5 Å². The number of nitrogens with one attached hydrogen (secondary N) is 1. The van der Waals surface area contributed by atoms with E-state index < -0.39 is 0 Å². The Labute approximate surface area is 179 Å². The van der Waals surface area contributed by atoms with Gasteiger partial charge in [0.05, 0.1) is 14.2 Å². The second kappa shape index (κ2) is 9.03. The predicted octanol–water partition coefficient (Wildman–Crippen LogP) is 1.82. The summed E-state index contributed by atoms with van der Waals surface area (Å²) in [5.74, 6) is 1.59. The molecule has 1 aliphatic rings. The molecule has 9 heteroatoms. The first-order valence-corrected chi connectivity index (χ1v) is 10.2. The van der Waals surface area contributed by atoms with E-state index in [0.29, 0.717) is 30.3 Å². The molecule has 4 rings (SSSR count). The van der Waals surface area contributed by atoms with Crippen molar-refractivity contribution in [2.24, 2.45) is 0 Å². The minimum absolute atomic E-state index is 0.127. The van der Waals surface area contributed by atoms with Crippen LogP contribution in [0.1, 0.15) is 24.4 Å². The van der Waals surface area contributed by atoms with E-state index in [1.807, 2.05) is 24.3 Å². The highest BCUT2D eigenvalue weighted by Crippen LogP contribution is 2.36. The molecule has 31 heavy (non-hydrogen) atoms. The van der Waals surface area contributed by atoms with E-state index in [1.54, 1.807) is 37.2 Å². The number of pyridine rings is 1. The fourth-order valence-corrected chi connectivity index (χ4v) is 3.45. The monoisotopic (exact) mass is 423 g/mol. The average molecular weight is 423 g/mol. The topological polar surface area (TPSA) is 100 Å². The number of ether oxygens (including phenoxy) is 2. The molecule has 162 valence electrons. The summed E-state index contributed by atoms with van der Waals surface area (Å²) in [5.41, 5.74) is 1.50. The summed E-state index contributed by atoms with van der Waals surface area (Å²) in [4.78, 5) is 29.4. The highest BCUT2D eigenvalue weighted by atomic mass is 16.5. The van der Waals surface area contributed by atoms with Gasteiger partial charge >= 0.3 is 5.69 Å². The van der Waals surface area contributed by atoms with Gasteiger partial charge in [0.25, 0.3) is 0 Å². The van der Waals surface area contributed by atoms with Crippen molar-refractivity contribution in [3.8, 4) is 22.9 Å². The van der Waals surface area contributed by atoms with Crippen molar-refractivity contribution in [3.05, 3.63) is 58.8 Å². The van der Waals surface area contributed by atoms with Gasteiger partial charge in [0.2, 0.25) is 5.91 Å². The zero-order chi connectivity index (χ0) is 21.8. The molecule has 1 saturated carbocycles. The number of amides is 1. The molecule has 9 nitrogen and oxygen atoms in total. The molecule has 0 spiro atoms. The highest BCUT2D eigenvalue weighted by molar-refractivity contribution is 5.75. The minimum atomic E-state index is -0.267. The second-order valence-electron chi connectivity index (χ2n) is 7.40. The van der Waals surface area contributed by atoms with Crippen LogP contribution in [0.25, 0.3) is 11.4 Å². The number of hydrogen-bond acceptors (Lipinski definition) is 6. The van der Waals surface area contributed by atoms with Crippen molar-refractivity contribution < 1.29 is 14.3 Å². The lowest BCUT2D eigenvalue weighted by Gasteiger charge is -2.10. The fourth-order valence-electron chi connectivity index (χ4n) is 3.45. The number of nitrogens with zero attached hydrogens (tertiary/aromatic N) is 4. The standard InChI is InChI=1S/C22H25N5O4/c1-30-18-8-5-15(12-19(18)31-2)9-11-24-20(28)14-26-22(29)27(17-6-7-17)21(25-26)16-4-3-10-23-13-16/h3-5,8,10,12-13,17H,6-7,9,11,14H2,1-2H3,(H,24,28). The Balaban J connectivity index is 1.41. The van der Waals surface area contributed by atoms with Gasteiger partial charge in [-0.05, 0) is 49.1 Å². The third-order valence-corrected chi connectivity index (χ3v) is 5.18. The normalized spacial score (nSPS) is 13.1. The average Bonchev–Trinajstić information content (AvgIpc) is 3.58. The smallest absolute Gasteiger partial charge is 0.346 e. The van der Waals surface area contributed by atoms with Gasteiger partial charge in [-0.25, -0.2) is 9.48 Å². The zero-order valence-corrected chi connectivity index (χ0v) is 17.6. The second-order valence-corrected chi connectivity index (χ2v) is 7.40. The number of rotatable bonds is 9. The lowest BCUT2D eigenvalue weighted by Crippen LogP contribution is -2.34. The van der Waals surface area contributed by atoms with Gasteiger partial charge in [0.1, 0.15) is 6.54 Å². The molecular weight excluding hydrogens is 398 g/mol. The Kier molecular flexibility index (Phi) is 6.01. The van der Waals surface area contributed by atoms with Crippen LogP contribution in [-0.2, 0) is 17.8 Å². The Hall–Kier alpha value is -3.62. The Morgan fingerprint density at radius 2 is 2.00 bits per heavy atom. The predicted molar refractivity (Wildman–Crippen MR) is 114 cm³/mol. The van der Waals surface area contributed by atoms with Gasteiger partial charge in [0, 0.05) is 30.5 Å². The summed E-state index contributed by atoms with van der Waals surface area (Å²) in [5, 5.41) is 7.28. The van der Waals surface area contributed by atoms with Crippen LogP contribution >= 0.6 is 0 Å². The maximum Gasteiger partial charge on any atom is 0.346 e. The molecule has 2 aromatic heterocycles. The molecule has 0 aliphatic heterocycles. The van der Waals surface area contributed by atoms with E-state index in [2.05, 4.69) is 15.4 Å². The maximum atomic E-state index is 12.8. The molecular formula is C22H25N5O4. The van der Waals surface area contributed by atoms with Gasteiger partial charge in [-0.2, -0.15) is 0 Å². The van der Waals surface area contributed by atoms with Crippen molar-refractivity contribution in [1.82, 2.24) is 24.6 Å². The van der Waals surface area contributed by atoms with Crippen LogP contribution in [0, 0.1) is 0 Å². The van der Waals surface area contributed by atoms with Crippen molar-refractivity contribution in [1.29, 1.82) is 0 Å². The minimum Gasteiger partial charge on any atom is -0.493 e. The first-order chi connectivity index (χ1) is 15.1. The summed E-state index contributed by atoms with van der Waals surface area (Å²) in [6.45, 7) is 0.305. The van der Waals surface area contributed by atoms with Gasteiger partial charge in [-0.15, -0.1) is 5.10 Å². The van der Waals surface area contributed by atoms with Crippen LogP contribution in [0.2, 0.25) is 0 Å². The van der Waals surface area contributed by atoms with E-state index in [-0.39, 0.29) is 24.2 Å². The largest absolute Gasteiger partial charge is 0.493 e. The molecule has 0 saturated heterocycles. The van der Waals surface area contributed by atoms with Crippen LogP contribution in [0.4, 0.5) is 0 Å². The molecule has 1 aliphatic carbocycles. The molecule has 2 heterocycles. The molecule has 1 N–H and O–H groups in total. The lowest BCUT2D eigenvalue weighted by atomic mass is 10.1. The van der Waals surface area contributed by atoms with Gasteiger partial charge in [-0.3, -0.25) is 14.3 Å². The summed E-state index contributed by atoms with van der Waals surface area (Å²) in [7, 11) is 3.17. The maximum absolute atomic E-state index is 12.8. The van der Waals surface area contributed by atoms with E-state index >= 15 is 0 Å². The Bertz CT molecular complexity index is 1120. The third-order valence-electron chi connectivity index (χ3n) is 5.18. The summed E-state index contributed by atoms with van der Waals surface area (Å²) >= 11 is 0. The van der Waals surface area contributed by atoms with Gasteiger partial charge in [0.15, 0.2) is 17.3 Å². The molecule has 1 aromatic carbocycles. The van der Waals surface area contributed by atoms with E-state index in [4.69, 9.17) is 9.47 Å². The number of carbonyl (C=O) groups excluding carboxylic acids is 1.